The van der Waals surface area contributed by atoms with Crippen LogP contribution in [0.5, 0.6) is 0 Å². The molecule has 138 valence electrons. The standard InChI is InChI=1S/C16H21ClN2O5S/c17-13-5-1-2-6-14(13)25(23,24)19-11-9-18(10-12-19)15(20)7-3-4-8-16(21)22/h1-2,5-6H,3-4,7-12H2,(H,21,22). The Kier molecular flexibility index (Phi) is 6.80. The molecule has 1 aliphatic rings. The first-order chi connectivity index (χ1) is 11.8. The Morgan fingerprint density at radius 3 is 2.24 bits per heavy atom. The first kappa shape index (κ1) is 19.7. The summed E-state index contributed by atoms with van der Waals surface area (Å²) in [5.74, 6) is -0.939. The fraction of sp³-hybridized carbons (Fsp3) is 0.500. The summed E-state index contributed by atoms with van der Waals surface area (Å²) in [4.78, 5) is 24.3. The number of piperazine rings is 1. The third-order valence-corrected chi connectivity index (χ3v) is 6.48. The van der Waals surface area contributed by atoms with Gasteiger partial charge in [0.2, 0.25) is 15.9 Å². The summed E-state index contributed by atoms with van der Waals surface area (Å²) in [6.07, 6.45) is 1.31. The number of halogens is 1. The number of carbonyl (C=O) groups excluding carboxylic acids is 1. The number of carboxylic acid groups (broad SMARTS) is 1. The van der Waals surface area contributed by atoms with E-state index in [-0.39, 0.29) is 41.8 Å². The molecule has 1 amide bonds. The molecule has 1 fully saturated rings. The SMILES string of the molecule is O=C(O)CCCCC(=O)N1CCN(S(=O)(=O)c2ccccc2Cl)CC1. The van der Waals surface area contributed by atoms with Gasteiger partial charge < -0.3 is 10.0 Å². The first-order valence-electron chi connectivity index (χ1n) is 8.06. The third kappa shape index (κ3) is 5.17. The molecule has 1 saturated heterocycles. The molecule has 1 aromatic rings. The van der Waals surface area contributed by atoms with Gasteiger partial charge in [-0.3, -0.25) is 9.59 Å². The summed E-state index contributed by atoms with van der Waals surface area (Å²) in [6.45, 7) is 1.08. The monoisotopic (exact) mass is 388 g/mol. The number of hydrogen-bond donors (Lipinski definition) is 1. The zero-order valence-electron chi connectivity index (χ0n) is 13.7. The fourth-order valence-electron chi connectivity index (χ4n) is 2.68. The molecule has 1 heterocycles. The van der Waals surface area contributed by atoms with Crippen LogP contribution < -0.4 is 0 Å². The quantitative estimate of drug-likeness (QED) is 0.719. The van der Waals surface area contributed by atoms with Gasteiger partial charge in [0, 0.05) is 39.0 Å². The Labute approximate surface area is 152 Å². The Morgan fingerprint density at radius 1 is 1.04 bits per heavy atom. The maximum atomic E-state index is 12.6. The minimum absolute atomic E-state index is 0.0527. The summed E-state index contributed by atoms with van der Waals surface area (Å²) in [7, 11) is -3.67. The summed E-state index contributed by atoms with van der Waals surface area (Å²) in [5, 5.41) is 8.76. The lowest BCUT2D eigenvalue weighted by atomic mass is 10.1. The lowest BCUT2D eigenvalue weighted by Gasteiger charge is -2.34. The van der Waals surface area contributed by atoms with Gasteiger partial charge in [-0.15, -0.1) is 0 Å². The molecular formula is C16H21ClN2O5S. The van der Waals surface area contributed by atoms with E-state index < -0.39 is 16.0 Å². The molecule has 0 radical (unpaired) electrons. The number of nitrogens with zero attached hydrogens (tertiary/aromatic N) is 2. The number of sulfonamides is 1. The third-order valence-electron chi connectivity index (χ3n) is 4.08. The highest BCUT2D eigenvalue weighted by molar-refractivity contribution is 7.89. The van der Waals surface area contributed by atoms with Crippen LogP contribution in [-0.4, -0.2) is 60.8 Å². The summed E-state index contributed by atoms with van der Waals surface area (Å²) >= 11 is 5.99. The highest BCUT2D eigenvalue weighted by Gasteiger charge is 2.31. The molecule has 0 unspecified atom stereocenters. The minimum atomic E-state index is -3.67. The van der Waals surface area contributed by atoms with E-state index in [9.17, 15) is 18.0 Å². The molecule has 0 atom stereocenters. The van der Waals surface area contributed by atoms with Crippen molar-refractivity contribution in [3.63, 3.8) is 0 Å². The van der Waals surface area contributed by atoms with Gasteiger partial charge in [0.05, 0.1) is 5.02 Å². The Hall–Kier alpha value is -1.64. The number of aliphatic carboxylic acids is 1. The van der Waals surface area contributed by atoms with Crippen LogP contribution in [0.15, 0.2) is 29.2 Å². The van der Waals surface area contributed by atoms with Crippen molar-refractivity contribution in [2.45, 2.75) is 30.6 Å². The van der Waals surface area contributed by atoms with Crippen molar-refractivity contribution in [1.29, 1.82) is 0 Å². The smallest absolute Gasteiger partial charge is 0.303 e. The van der Waals surface area contributed by atoms with Gasteiger partial charge in [-0.25, -0.2) is 8.42 Å². The zero-order valence-corrected chi connectivity index (χ0v) is 15.3. The van der Waals surface area contributed by atoms with Crippen LogP contribution in [0.3, 0.4) is 0 Å². The predicted molar refractivity (Wildman–Crippen MR) is 92.9 cm³/mol. The van der Waals surface area contributed by atoms with Gasteiger partial charge in [-0.05, 0) is 25.0 Å². The van der Waals surface area contributed by atoms with Crippen molar-refractivity contribution in [3.05, 3.63) is 29.3 Å². The highest BCUT2D eigenvalue weighted by Crippen LogP contribution is 2.25. The van der Waals surface area contributed by atoms with E-state index in [2.05, 4.69) is 0 Å². The maximum absolute atomic E-state index is 12.6. The second kappa shape index (κ2) is 8.64. The molecule has 0 saturated carbocycles. The number of unbranched alkanes of at least 4 members (excludes halogenated alkanes) is 1. The normalized spacial score (nSPS) is 16.0. The molecule has 2 rings (SSSR count). The number of benzene rings is 1. The molecule has 7 nitrogen and oxygen atoms in total. The Bertz CT molecular complexity index is 730. The molecular weight excluding hydrogens is 368 g/mol. The number of carboxylic acids is 1. The number of amides is 1. The summed E-state index contributed by atoms with van der Waals surface area (Å²) in [6, 6.07) is 6.29. The van der Waals surface area contributed by atoms with Crippen molar-refractivity contribution in [2.75, 3.05) is 26.2 Å². The molecule has 0 bridgehead atoms. The predicted octanol–water partition coefficient (Wildman–Crippen LogP) is 1.82. The van der Waals surface area contributed by atoms with Crippen LogP contribution in [0.4, 0.5) is 0 Å². The van der Waals surface area contributed by atoms with Crippen molar-refractivity contribution < 1.29 is 23.1 Å². The van der Waals surface area contributed by atoms with Crippen molar-refractivity contribution in [1.82, 2.24) is 9.21 Å². The second-order valence-electron chi connectivity index (χ2n) is 5.82. The number of hydrogen-bond acceptors (Lipinski definition) is 4. The highest BCUT2D eigenvalue weighted by atomic mass is 35.5. The lowest BCUT2D eigenvalue weighted by Crippen LogP contribution is -2.50. The molecule has 1 aromatic carbocycles. The topological polar surface area (TPSA) is 95.0 Å². The second-order valence-corrected chi connectivity index (χ2v) is 8.13. The lowest BCUT2D eigenvalue weighted by molar-refractivity contribution is -0.137. The van der Waals surface area contributed by atoms with E-state index in [1.807, 2.05) is 0 Å². The molecule has 0 aliphatic carbocycles. The zero-order chi connectivity index (χ0) is 18.4. The summed E-state index contributed by atoms with van der Waals surface area (Å²) < 4.78 is 26.6. The molecule has 0 aromatic heterocycles. The van der Waals surface area contributed by atoms with Crippen LogP contribution in [-0.2, 0) is 19.6 Å². The fourth-order valence-corrected chi connectivity index (χ4v) is 4.60. The van der Waals surface area contributed by atoms with Crippen LogP contribution in [0.25, 0.3) is 0 Å². The number of rotatable bonds is 7. The largest absolute Gasteiger partial charge is 0.481 e. The Balaban J connectivity index is 1.88. The average Bonchev–Trinajstić information content (AvgIpc) is 2.58. The van der Waals surface area contributed by atoms with E-state index in [0.717, 1.165) is 0 Å². The van der Waals surface area contributed by atoms with Gasteiger partial charge in [0.1, 0.15) is 4.90 Å². The summed E-state index contributed by atoms with van der Waals surface area (Å²) in [5.41, 5.74) is 0. The molecule has 1 N–H and O–H groups in total. The molecule has 25 heavy (non-hydrogen) atoms. The molecule has 1 aliphatic heterocycles. The minimum Gasteiger partial charge on any atom is -0.481 e. The van der Waals surface area contributed by atoms with E-state index >= 15 is 0 Å². The Morgan fingerprint density at radius 2 is 1.64 bits per heavy atom. The van der Waals surface area contributed by atoms with Gasteiger partial charge >= 0.3 is 5.97 Å². The van der Waals surface area contributed by atoms with E-state index in [1.165, 1.54) is 16.4 Å². The van der Waals surface area contributed by atoms with E-state index in [4.69, 9.17) is 16.7 Å². The average molecular weight is 389 g/mol. The van der Waals surface area contributed by atoms with E-state index in [1.54, 1.807) is 17.0 Å². The first-order valence-corrected chi connectivity index (χ1v) is 9.88. The van der Waals surface area contributed by atoms with Crippen LogP contribution in [0.2, 0.25) is 5.02 Å². The van der Waals surface area contributed by atoms with Crippen LogP contribution in [0.1, 0.15) is 25.7 Å². The van der Waals surface area contributed by atoms with Gasteiger partial charge in [0.15, 0.2) is 0 Å². The van der Waals surface area contributed by atoms with Gasteiger partial charge in [-0.1, -0.05) is 23.7 Å². The number of carbonyl (C=O) groups is 2. The molecule has 9 heteroatoms. The van der Waals surface area contributed by atoms with Gasteiger partial charge in [-0.2, -0.15) is 4.31 Å². The van der Waals surface area contributed by atoms with Crippen LogP contribution in [0, 0.1) is 0 Å². The van der Waals surface area contributed by atoms with Crippen molar-refractivity contribution in [3.8, 4) is 0 Å². The maximum Gasteiger partial charge on any atom is 0.303 e. The van der Waals surface area contributed by atoms with E-state index in [0.29, 0.717) is 25.9 Å². The van der Waals surface area contributed by atoms with Crippen molar-refractivity contribution >= 4 is 33.5 Å². The molecule has 0 spiro atoms. The van der Waals surface area contributed by atoms with Gasteiger partial charge in [0.25, 0.3) is 0 Å². The van der Waals surface area contributed by atoms with Crippen LogP contribution >= 0.6 is 11.6 Å². The van der Waals surface area contributed by atoms with Crippen molar-refractivity contribution in [2.24, 2.45) is 0 Å².